The number of aliphatic hydroxyl groups is 1. The number of anilines is 1. The van der Waals surface area contributed by atoms with E-state index in [0.717, 1.165) is 43.4 Å². The van der Waals surface area contributed by atoms with Crippen LogP contribution in [0.5, 0.6) is 11.5 Å². The molecule has 0 aliphatic carbocycles. The van der Waals surface area contributed by atoms with Gasteiger partial charge in [0, 0.05) is 31.9 Å². The third-order valence-corrected chi connectivity index (χ3v) is 5.73. The number of carbonyl (C=O) groups excluding carboxylic acids is 1. The van der Waals surface area contributed by atoms with Gasteiger partial charge in [0.05, 0.1) is 19.2 Å². The number of rotatable bonds is 6. The van der Waals surface area contributed by atoms with Crippen molar-refractivity contribution in [1.82, 2.24) is 9.80 Å². The van der Waals surface area contributed by atoms with Gasteiger partial charge >= 0.3 is 0 Å². The molecule has 1 fully saturated rings. The van der Waals surface area contributed by atoms with E-state index >= 15 is 0 Å². The quantitative estimate of drug-likeness (QED) is 0.755. The molecule has 0 bridgehead atoms. The van der Waals surface area contributed by atoms with Crippen LogP contribution in [0.15, 0.2) is 48.5 Å². The fourth-order valence-corrected chi connectivity index (χ4v) is 3.99. The van der Waals surface area contributed by atoms with E-state index in [2.05, 4.69) is 15.1 Å². The van der Waals surface area contributed by atoms with E-state index in [1.165, 1.54) is 5.56 Å². The first-order valence-electron chi connectivity index (χ1n) is 10.4. The zero-order valence-electron chi connectivity index (χ0n) is 17.3. The predicted octanol–water partition coefficient (Wildman–Crippen LogP) is 1.75. The minimum absolute atomic E-state index is 0.00407. The van der Waals surface area contributed by atoms with Gasteiger partial charge in [-0.3, -0.25) is 14.6 Å². The average molecular weight is 412 g/mol. The number of ether oxygens (including phenoxy) is 2. The summed E-state index contributed by atoms with van der Waals surface area (Å²) in [5.74, 6) is 1.46. The molecule has 2 aliphatic heterocycles. The van der Waals surface area contributed by atoms with Crippen LogP contribution < -0.4 is 14.8 Å². The van der Waals surface area contributed by atoms with Crippen LogP contribution in [0, 0.1) is 6.92 Å². The van der Waals surface area contributed by atoms with Crippen LogP contribution in [-0.4, -0.2) is 78.9 Å². The Kier molecular flexibility index (Phi) is 6.52. The van der Waals surface area contributed by atoms with Crippen LogP contribution in [0.4, 0.5) is 5.69 Å². The second kappa shape index (κ2) is 9.47. The predicted molar refractivity (Wildman–Crippen MR) is 115 cm³/mol. The number of amides is 1. The van der Waals surface area contributed by atoms with Crippen molar-refractivity contribution < 1.29 is 19.4 Å². The number of aryl methyl sites for hydroxylation is 1. The van der Waals surface area contributed by atoms with E-state index in [1.54, 1.807) is 0 Å². The maximum atomic E-state index is 12.4. The van der Waals surface area contributed by atoms with Gasteiger partial charge in [-0.25, -0.2) is 0 Å². The summed E-state index contributed by atoms with van der Waals surface area (Å²) >= 11 is 0. The Labute approximate surface area is 177 Å². The van der Waals surface area contributed by atoms with Gasteiger partial charge in [-0.05, 0) is 31.2 Å². The number of nitrogens with zero attached hydrogens (tertiary/aromatic N) is 2. The van der Waals surface area contributed by atoms with Crippen LogP contribution in [0.25, 0.3) is 0 Å². The number of fused-ring (bicyclic) bond motifs is 1. The highest BCUT2D eigenvalue weighted by Crippen LogP contribution is 2.32. The van der Waals surface area contributed by atoms with Gasteiger partial charge in [0.15, 0.2) is 17.6 Å². The first-order chi connectivity index (χ1) is 14.6. The van der Waals surface area contributed by atoms with E-state index in [4.69, 9.17) is 9.47 Å². The van der Waals surface area contributed by atoms with Crippen molar-refractivity contribution in [2.75, 3.05) is 51.3 Å². The van der Waals surface area contributed by atoms with Gasteiger partial charge in [-0.2, -0.15) is 0 Å². The van der Waals surface area contributed by atoms with Crippen molar-refractivity contribution in [3.8, 4) is 11.5 Å². The number of para-hydroxylation sites is 2. The van der Waals surface area contributed by atoms with Gasteiger partial charge in [-0.15, -0.1) is 0 Å². The summed E-state index contributed by atoms with van der Waals surface area (Å²) in [5, 5.41) is 13.0. The van der Waals surface area contributed by atoms with E-state index in [-0.39, 0.29) is 24.7 Å². The normalized spacial score (nSPS) is 20.5. The summed E-state index contributed by atoms with van der Waals surface area (Å²) in [6.45, 7) is 5.88. The maximum Gasteiger partial charge on any atom is 0.238 e. The van der Waals surface area contributed by atoms with Crippen molar-refractivity contribution in [3.05, 3.63) is 54.1 Å². The maximum absolute atomic E-state index is 12.4. The number of aliphatic hydroxyl groups excluding tert-OH is 1. The molecule has 2 aliphatic rings. The van der Waals surface area contributed by atoms with Crippen LogP contribution in [-0.2, 0) is 4.79 Å². The number of nitrogens with one attached hydrogen (secondary N) is 1. The van der Waals surface area contributed by atoms with Crippen molar-refractivity contribution in [2.45, 2.75) is 19.1 Å². The third-order valence-electron chi connectivity index (χ3n) is 5.73. The zero-order valence-corrected chi connectivity index (χ0v) is 17.3. The topological polar surface area (TPSA) is 74.3 Å². The lowest BCUT2D eigenvalue weighted by Crippen LogP contribution is -2.58. The van der Waals surface area contributed by atoms with Crippen molar-refractivity contribution in [1.29, 1.82) is 0 Å². The molecule has 2 unspecified atom stereocenters. The Morgan fingerprint density at radius 3 is 2.50 bits per heavy atom. The molecule has 2 N–H and O–H groups in total. The smallest absolute Gasteiger partial charge is 0.238 e. The Hall–Kier alpha value is -2.61. The standard InChI is InChI=1S/C23H29N3O4/c1-17-6-8-18(9-7-17)24-23(28)14-25-10-12-26(13-11-25)19(15-27)22-16-29-20-4-2-3-5-21(20)30-22/h2-9,19,22,27H,10-16H2,1H3,(H,24,28). The minimum atomic E-state index is -0.221. The average Bonchev–Trinajstić information content (AvgIpc) is 2.77. The van der Waals surface area contributed by atoms with Crippen LogP contribution in [0.3, 0.4) is 0 Å². The van der Waals surface area contributed by atoms with Crippen LogP contribution in [0.2, 0.25) is 0 Å². The molecular formula is C23H29N3O4. The van der Waals surface area contributed by atoms with Crippen LogP contribution in [0.1, 0.15) is 5.56 Å². The summed E-state index contributed by atoms with van der Waals surface area (Å²) < 4.78 is 11.9. The lowest BCUT2D eigenvalue weighted by molar-refractivity contribution is -0.118. The SMILES string of the molecule is Cc1ccc(NC(=O)CN2CCN(C(CO)C3COc4ccccc4O3)CC2)cc1. The van der Waals surface area contributed by atoms with E-state index in [0.29, 0.717) is 13.2 Å². The monoisotopic (exact) mass is 411 g/mol. The molecule has 4 rings (SSSR count). The second-order valence-electron chi connectivity index (χ2n) is 7.89. The minimum Gasteiger partial charge on any atom is -0.486 e. The molecule has 1 amide bonds. The first-order valence-corrected chi connectivity index (χ1v) is 10.4. The third kappa shape index (κ3) is 4.92. The molecule has 2 atom stereocenters. The van der Waals surface area contributed by atoms with Crippen molar-refractivity contribution in [2.24, 2.45) is 0 Å². The fraction of sp³-hybridized carbons (Fsp3) is 0.435. The van der Waals surface area contributed by atoms with Gasteiger partial charge < -0.3 is 19.9 Å². The summed E-state index contributed by atoms with van der Waals surface area (Å²) in [7, 11) is 0. The molecule has 160 valence electrons. The second-order valence-corrected chi connectivity index (χ2v) is 7.89. The van der Waals surface area contributed by atoms with Crippen LogP contribution >= 0.6 is 0 Å². The highest BCUT2D eigenvalue weighted by molar-refractivity contribution is 5.92. The first kappa shape index (κ1) is 20.7. The number of carbonyl (C=O) groups is 1. The molecule has 0 aromatic heterocycles. The Balaban J connectivity index is 1.27. The highest BCUT2D eigenvalue weighted by atomic mass is 16.6. The van der Waals surface area contributed by atoms with E-state index in [1.807, 2.05) is 55.5 Å². The number of piperazine rings is 1. The fourth-order valence-electron chi connectivity index (χ4n) is 3.99. The lowest BCUT2D eigenvalue weighted by atomic mass is 10.1. The molecule has 7 nitrogen and oxygen atoms in total. The van der Waals surface area contributed by atoms with Gasteiger partial charge in [0.2, 0.25) is 5.91 Å². The van der Waals surface area contributed by atoms with E-state index in [9.17, 15) is 9.90 Å². The summed E-state index contributed by atoms with van der Waals surface area (Å²) in [5.41, 5.74) is 1.98. The summed E-state index contributed by atoms with van der Waals surface area (Å²) in [6, 6.07) is 15.3. The zero-order chi connectivity index (χ0) is 20.9. The molecule has 2 aromatic rings. The molecule has 30 heavy (non-hydrogen) atoms. The Morgan fingerprint density at radius 2 is 1.80 bits per heavy atom. The molecule has 2 aromatic carbocycles. The summed E-state index contributed by atoms with van der Waals surface area (Å²) in [4.78, 5) is 16.7. The number of hydrogen-bond acceptors (Lipinski definition) is 6. The summed E-state index contributed by atoms with van der Waals surface area (Å²) in [6.07, 6.45) is -0.221. The lowest BCUT2D eigenvalue weighted by Gasteiger charge is -2.42. The molecule has 7 heteroatoms. The van der Waals surface area contributed by atoms with Gasteiger partial charge in [0.1, 0.15) is 6.61 Å². The van der Waals surface area contributed by atoms with Gasteiger partial charge in [0.25, 0.3) is 0 Å². The highest BCUT2D eigenvalue weighted by Gasteiger charge is 2.34. The molecular weight excluding hydrogens is 382 g/mol. The largest absolute Gasteiger partial charge is 0.486 e. The van der Waals surface area contributed by atoms with E-state index < -0.39 is 0 Å². The molecule has 0 spiro atoms. The van der Waals surface area contributed by atoms with Crippen molar-refractivity contribution in [3.63, 3.8) is 0 Å². The van der Waals surface area contributed by atoms with Gasteiger partial charge in [-0.1, -0.05) is 29.8 Å². The molecule has 2 heterocycles. The number of hydrogen-bond donors (Lipinski definition) is 2. The Morgan fingerprint density at radius 1 is 1.10 bits per heavy atom. The molecule has 0 radical (unpaired) electrons. The van der Waals surface area contributed by atoms with Crippen molar-refractivity contribution >= 4 is 11.6 Å². The Bertz CT molecular complexity index is 850. The number of benzene rings is 2. The molecule has 0 saturated carbocycles. The molecule has 1 saturated heterocycles.